The van der Waals surface area contributed by atoms with Gasteiger partial charge in [-0.15, -0.1) is 11.6 Å². The van der Waals surface area contributed by atoms with Gasteiger partial charge in [-0.1, -0.05) is 6.07 Å². The fraction of sp³-hybridized carbons (Fsp3) is 0.0769. The quantitative estimate of drug-likeness (QED) is 0.477. The van der Waals surface area contributed by atoms with E-state index in [0.717, 1.165) is 18.2 Å². The van der Waals surface area contributed by atoms with E-state index in [0.29, 0.717) is 5.56 Å². The summed E-state index contributed by atoms with van der Waals surface area (Å²) >= 11 is 5.59. The van der Waals surface area contributed by atoms with Gasteiger partial charge in [0.25, 0.3) is 0 Å². The molecule has 0 fully saturated rings. The van der Waals surface area contributed by atoms with E-state index in [2.05, 4.69) is 0 Å². The number of alkyl halides is 1. The molecule has 7 heteroatoms. The van der Waals surface area contributed by atoms with Gasteiger partial charge >= 0.3 is 5.69 Å². The third-order valence-electron chi connectivity index (χ3n) is 2.49. The number of halogens is 3. The highest BCUT2D eigenvalue weighted by Crippen LogP contribution is 2.33. The molecule has 0 aliphatic rings. The molecule has 0 N–H and O–H groups in total. The summed E-state index contributed by atoms with van der Waals surface area (Å²) in [4.78, 5) is 10.3. The van der Waals surface area contributed by atoms with Gasteiger partial charge in [0.15, 0.2) is 11.6 Å². The summed E-state index contributed by atoms with van der Waals surface area (Å²) in [6, 6.07) is 6.64. The Morgan fingerprint density at radius 1 is 1.15 bits per heavy atom. The van der Waals surface area contributed by atoms with Crippen molar-refractivity contribution in [2.24, 2.45) is 0 Å². The molecule has 4 nitrogen and oxygen atoms in total. The van der Waals surface area contributed by atoms with Gasteiger partial charge in [0, 0.05) is 18.0 Å². The fourth-order valence-electron chi connectivity index (χ4n) is 1.55. The molecule has 0 atom stereocenters. The first-order valence-corrected chi connectivity index (χ1v) is 6.01. The van der Waals surface area contributed by atoms with Crippen molar-refractivity contribution < 1.29 is 18.4 Å². The number of hydrogen-bond donors (Lipinski definition) is 0. The van der Waals surface area contributed by atoms with Gasteiger partial charge in [-0.25, -0.2) is 8.78 Å². The number of nitrogens with zero attached hydrogens (tertiary/aromatic N) is 1. The van der Waals surface area contributed by atoms with Crippen molar-refractivity contribution in [2.45, 2.75) is 5.88 Å². The van der Waals surface area contributed by atoms with Gasteiger partial charge in [-0.2, -0.15) is 0 Å². The van der Waals surface area contributed by atoms with E-state index >= 15 is 0 Å². The molecule has 0 saturated heterocycles. The lowest BCUT2D eigenvalue weighted by Gasteiger charge is -2.08. The first-order valence-electron chi connectivity index (χ1n) is 5.47. The summed E-state index contributed by atoms with van der Waals surface area (Å²) in [7, 11) is 0. The van der Waals surface area contributed by atoms with Crippen LogP contribution in [0, 0.1) is 21.7 Å². The Bertz CT molecular complexity index is 664. The van der Waals surface area contributed by atoms with Crippen molar-refractivity contribution >= 4 is 17.3 Å². The monoisotopic (exact) mass is 299 g/mol. The topological polar surface area (TPSA) is 52.4 Å². The first-order chi connectivity index (χ1) is 9.51. The zero-order valence-electron chi connectivity index (χ0n) is 9.98. The van der Waals surface area contributed by atoms with Crippen molar-refractivity contribution in [3.05, 3.63) is 63.7 Å². The smallest absolute Gasteiger partial charge is 0.311 e. The van der Waals surface area contributed by atoms with Crippen LogP contribution >= 0.6 is 11.6 Å². The third kappa shape index (κ3) is 3.03. The van der Waals surface area contributed by atoms with E-state index < -0.39 is 22.3 Å². The van der Waals surface area contributed by atoms with Gasteiger partial charge in [0.1, 0.15) is 5.82 Å². The minimum atomic E-state index is -0.817. The maximum Gasteiger partial charge on any atom is 0.311 e. The summed E-state index contributed by atoms with van der Waals surface area (Å²) < 4.78 is 31.6. The molecule has 0 spiro atoms. The molecule has 0 heterocycles. The maximum atomic E-state index is 13.5. The lowest BCUT2D eigenvalue weighted by Crippen LogP contribution is -1.96. The normalized spacial score (nSPS) is 10.3. The number of benzene rings is 2. The van der Waals surface area contributed by atoms with Gasteiger partial charge in [-0.05, 0) is 23.8 Å². The standard InChI is InChI=1S/C13H8ClF2NO3/c14-7-8-1-4-12(11(5-8)17(18)19)20-13-6-9(15)2-3-10(13)16/h1-6H,7H2. The molecule has 20 heavy (non-hydrogen) atoms. The molecule has 2 aromatic rings. The Labute approximate surface area is 117 Å². The van der Waals surface area contributed by atoms with Crippen LogP contribution in [0.5, 0.6) is 11.5 Å². The molecule has 104 valence electrons. The molecule has 0 aliphatic heterocycles. The van der Waals surface area contributed by atoms with Gasteiger partial charge in [0.05, 0.1) is 4.92 Å². The van der Waals surface area contributed by atoms with E-state index in [4.69, 9.17) is 16.3 Å². The van der Waals surface area contributed by atoms with Crippen molar-refractivity contribution in [2.75, 3.05) is 0 Å². The SMILES string of the molecule is O=[N+]([O-])c1cc(CCl)ccc1Oc1cc(F)ccc1F. The predicted octanol–water partition coefficient (Wildman–Crippen LogP) is 4.40. The number of hydrogen-bond acceptors (Lipinski definition) is 3. The summed E-state index contributed by atoms with van der Waals surface area (Å²) in [5.41, 5.74) is 0.150. The van der Waals surface area contributed by atoms with Crippen LogP contribution in [0.3, 0.4) is 0 Å². The molecular formula is C13H8ClF2NO3. The van der Waals surface area contributed by atoms with Crippen LogP contribution in [0.25, 0.3) is 0 Å². The molecule has 0 amide bonds. The van der Waals surface area contributed by atoms with Crippen LogP contribution in [0.1, 0.15) is 5.56 Å². The average Bonchev–Trinajstić information content (AvgIpc) is 2.43. The molecule has 0 aliphatic carbocycles. The highest BCUT2D eigenvalue weighted by atomic mass is 35.5. The van der Waals surface area contributed by atoms with Crippen LogP contribution < -0.4 is 4.74 Å². The molecular weight excluding hydrogens is 292 g/mol. The van der Waals surface area contributed by atoms with Crippen molar-refractivity contribution in [3.8, 4) is 11.5 Å². The van der Waals surface area contributed by atoms with Gasteiger partial charge < -0.3 is 4.74 Å². The molecule has 0 bridgehead atoms. The maximum absolute atomic E-state index is 13.5. The fourth-order valence-corrected chi connectivity index (χ4v) is 1.72. The minimum Gasteiger partial charge on any atom is -0.447 e. The second-order valence-electron chi connectivity index (χ2n) is 3.87. The molecule has 0 unspecified atom stereocenters. The van der Waals surface area contributed by atoms with Crippen molar-refractivity contribution in [1.82, 2.24) is 0 Å². The largest absolute Gasteiger partial charge is 0.447 e. The Kier molecular flexibility index (Phi) is 4.14. The van der Waals surface area contributed by atoms with Gasteiger partial charge in [0.2, 0.25) is 5.75 Å². The Balaban J connectivity index is 2.42. The number of rotatable bonds is 4. The Hall–Kier alpha value is -2.21. The lowest BCUT2D eigenvalue weighted by atomic mass is 10.2. The zero-order valence-corrected chi connectivity index (χ0v) is 10.7. The van der Waals surface area contributed by atoms with E-state index in [9.17, 15) is 18.9 Å². The average molecular weight is 300 g/mol. The minimum absolute atomic E-state index is 0.0927. The molecule has 0 radical (unpaired) electrons. The van der Waals surface area contributed by atoms with Crippen molar-refractivity contribution in [1.29, 1.82) is 0 Å². The predicted molar refractivity (Wildman–Crippen MR) is 69.1 cm³/mol. The van der Waals surface area contributed by atoms with Crippen LogP contribution in [-0.2, 0) is 5.88 Å². The first kappa shape index (κ1) is 14.2. The number of ether oxygens (including phenoxy) is 1. The summed E-state index contributed by atoms with van der Waals surface area (Å²) in [5, 5.41) is 10.9. The van der Waals surface area contributed by atoms with Gasteiger partial charge in [-0.3, -0.25) is 10.1 Å². The number of nitro benzene ring substituents is 1. The Morgan fingerprint density at radius 2 is 1.90 bits per heavy atom. The Morgan fingerprint density at radius 3 is 2.55 bits per heavy atom. The van der Waals surface area contributed by atoms with Crippen LogP contribution in [0.2, 0.25) is 0 Å². The second kappa shape index (κ2) is 5.83. The highest BCUT2D eigenvalue weighted by molar-refractivity contribution is 6.17. The van der Waals surface area contributed by atoms with E-state index in [1.54, 1.807) is 0 Å². The van der Waals surface area contributed by atoms with Crippen LogP contribution in [0.4, 0.5) is 14.5 Å². The molecule has 0 aromatic heterocycles. The highest BCUT2D eigenvalue weighted by Gasteiger charge is 2.18. The van der Waals surface area contributed by atoms with E-state index in [-0.39, 0.29) is 17.3 Å². The van der Waals surface area contributed by atoms with Crippen LogP contribution in [-0.4, -0.2) is 4.92 Å². The summed E-state index contributed by atoms with van der Waals surface area (Å²) in [6.45, 7) is 0. The molecule has 2 aromatic carbocycles. The number of nitro groups is 1. The van der Waals surface area contributed by atoms with E-state index in [1.807, 2.05) is 0 Å². The molecule has 2 rings (SSSR count). The zero-order chi connectivity index (χ0) is 14.7. The summed E-state index contributed by atoms with van der Waals surface area (Å²) in [5.74, 6) is -2.04. The second-order valence-corrected chi connectivity index (χ2v) is 4.14. The third-order valence-corrected chi connectivity index (χ3v) is 2.80. The van der Waals surface area contributed by atoms with Crippen LogP contribution in [0.15, 0.2) is 36.4 Å². The van der Waals surface area contributed by atoms with E-state index in [1.165, 1.54) is 18.2 Å². The van der Waals surface area contributed by atoms with Crippen molar-refractivity contribution in [3.63, 3.8) is 0 Å². The molecule has 0 saturated carbocycles. The lowest BCUT2D eigenvalue weighted by molar-refractivity contribution is -0.385. The summed E-state index contributed by atoms with van der Waals surface area (Å²) in [6.07, 6.45) is 0.